The van der Waals surface area contributed by atoms with Gasteiger partial charge in [-0.15, -0.1) is 10.2 Å². The molecule has 8 heteroatoms. The molecule has 1 atom stereocenters. The summed E-state index contributed by atoms with van der Waals surface area (Å²) in [6.45, 7) is 1.49. The van der Waals surface area contributed by atoms with Gasteiger partial charge in [-0.05, 0) is 36.8 Å². The molecular formula is C25H22N4O3S. The Labute approximate surface area is 195 Å². The van der Waals surface area contributed by atoms with Crippen LogP contribution in [0, 0.1) is 0 Å². The van der Waals surface area contributed by atoms with Gasteiger partial charge in [0.2, 0.25) is 5.91 Å². The van der Waals surface area contributed by atoms with Gasteiger partial charge in [0, 0.05) is 17.3 Å². The lowest BCUT2D eigenvalue weighted by Gasteiger charge is -2.17. The van der Waals surface area contributed by atoms with E-state index in [-0.39, 0.29) is 11.7 Å². The number of nitrogens with zero attached hydrogens (tertiary/aromatic N) is 3. The second kappa shape index (κ2) is 10.1. The highest BCUT2D eigenvalue weighted by Crippen LogP contribution is 2.36. The average Bonchev–Trinajstić information content (AvgIpc) is 3.31. The zero-order chi connectivity index (χ0) is 23.2. The van der Waals surface area contributed by atoms with E-state index in [9.17, 15) is 9.59 Å². The van der Waals surface area contributed by atoms with Crippen LogP contribution in [-0.4, -0.2) is 33.6 Å². The minimum absolute atomic E-state index is 0.0634. The van der Waals surface area contributed by atoms with E-state index in [1.54, 1.807) is 37.7 Å². The Bertz CT molecular complexity index is 1270. The highest BCUT2D eigenvalue weighted by Gasteiger charge is 2.25. The molecule has 0 spiro atoms. The first-order chi connectivity index (χ1) is 16.0. The Kier molecular flexibility index (Phi) is 6.85. The van der Waals surface area contributed by atoms with Crippen LogP contribution in [0.15, 0.2) is 90.3 Å². The van der Waals surface area contributed by atoms with Crippen LogP contribution in [0.4, 0.5) is 5.69 Å². The third kappa shape index (κ3) is 5.30. The Morgan fingerprint density at radius 2 is 1.79 bits per heavy atom. The molecule has 0 radical (unpaired) electrons. The molecule has 1 N–H and O–H groups in total. The van der Waals surface area contributed by atoms with Crippen molar-refractivity contribution >= 4 is 29.1 Å². The molecule has 1 amide bonds. The average molecular weight is 459 g/mol. The van der Waals surface area contributed by atoms with Crippen molar-refractivity contribution in [2.45, 2.75) is 17.3 Å². The molecular weight excluding hydrogens is 436 g/mol. The van der Waals surface area contributed by atoms with Crippen LogP contribution in [0.2, 0.25) is 0 Å². The quantitative estimate of drug-likeness (QED) is 0.297. The molecule has 1 aromatic heterocycles. The van der Waals surface area contributed by atoms with Crippen molar-refractivity contribution in [1.82, 2.24) is 14.8 Å². The van der Waals surface area contributed by atoms with Gasteiger partial charge in [0.25, 0.3) is 0 Å². The molecule has 7 nitrogen and oxygen atoms in total. The van der Waals surface area contributed by atoms with Crippen molar-refractivity contribution in [1.29, 1.82) is 0 Å². The van der Waals surface area contributed by atoms with Crippen LogP contribution in [0.1, 0.15) is 28.1 Å². The molecule has 0 aliphatic carbocycles. The van der Waals surface area contributed by atoms with Crippen molar-refractivity contribution in [2.24, 2.45) is 0 Å². The third-order valence-corrected chi connectivity index (χ3v) is 6.16. The number of benzene rings is 3. The minimum Gasteiger partial charge on any atom is -0.497 e. The van der Waals surface area contributed by atoms with Gasteiger partial charge in [0.1, 0.15) is 17.3 Å². The van der Waals surface area contributed by atoms with Crippen molar-refractivity contribution in [3.63, 3.8) is 0 Å². The number of methoxy groups -OCH3 is 1. The van der Waals surface area contributed by atoms with E-state index < -0.39 is 5.25 Å². The van der Waals surface area contributed by atoms with Gasteiger partial charge in [-0.25, -0.2) is 0 Å². The number of aromatic nitrogens is 3. The molecule has 4 aromatic rings. The maximum absolute atomic E-state index is 13.4. The number of rotatable bonds is 8. The maximum Gasteiger partial charge on any atom is 0.242 e. The summed E-state index contributed by atoms with van der Waals surface area (Å²) in [6.07, 6.45) is 1.60. The van der Waals surface area contributed by atoms with Crippen LogP contribution < -0.4 is 10.1 Å². The number of hydrogen-bond acceptors (Lipinski definition) is 6. The molecule has 3 aromatic carbocycles. The molecule has 0 aliphatic rings. The number of hydrogen-bond donors (Lipinski definition) is 1. The van der Waals surface area contributed by atoms with Gasteiger partial charge in [0.05, 0.1) is 12.8 Å². The number of ether oxygens (including phenoxy) is 1. The van der Waals surface area contributed by atoms with E-state index in [2.05, 4.69) is 15.5 Å². The topological polar surface area (TPSA) is 86.1 Å². The smallest absolute Gasteiger partial charge is 0.242 e. The second-order valence-corrected chi connectivity index (χ2v) is 8.29. The van der Waals surface area contributed by atoms with E-state index in [0.717, 1.165) is 11.3 Å². The Hall–Kier alpha value is -3.91. The first-order valence-electron chi connectivity index (χ1n) is 10.2. The highest BCUT2D eigenvalue weighted by atomic mass is 32.2. The number of ketones is 1. The second-order valence-electron chi connectivity index (χ2n) is 7.22. The molecule has 0 fully saturated rings. The van der Waals surface area contributed by atoms with Crippen molar-refractivity contribution in [3.8, 4) is 11.4 Å². The van der Waals surface area contributed by atoms with Gasteiger partial charge >= 0.3 is 0 Å². The zero-order valence-electron chi connectivity index (χ0n) is 18.1. The predicted molar refractivity (Wildman–Crippen MR) is 128 cm³/mol. The van der Waals surface area contributed by atoms with Crippen molar-refractivity contribution in [3.05, 3.63) is 96.3 Å². The van der Waals surface area contributed by atoms with E-state index in [0.29, 0.717) is 22.2 Å². The lowest BCUT2D eigenvalue weighted by atomic mass is 10.1. The fourth-order valence-electron chi connectivity index (χ4n) is 3.27. The van der Waals surface area contributed by atoms with Gasteiger partial charge < -0.3 is 10.1 Å². The SMILES string of the molecule is COc1cccc(-n2cnnc2S[C@H](C(=O)Nc2cccc(C(C)=O)c2)c2ccccc2)c1. The zero-order valence-corrected chi connectivity index (χ0v) is 19.0. The molecule has 1 heterocycles. The molecule has 166 valence electrons. The third-order valence-electron chi connectivity index (χ3n) is 4.95. The van der Waals surface area contributed by atoms with Gasteiger partial charge in [-0.1, -0.05) is 60.3 Å². The predicted octanol–water partition coefficient (Wildman–Crippen LogP) is 4.95. The highest BCUT2D eigenvalue weighted by molar-refractivity contribution is 8.00. The minimum atomic E-state index is -0.597. The molecule has 33 heavy (non-hydrogen) atoms. The summed E-state index contributed by atoms with van der Waals surface area (Å²) >= 11 is 1.29. The van der Waals surface area contributed by atoms with E-state index >= 15 is 0 Å². The molecule has 0 saturated carbocycles. The Morgan fingerprint density at radius 1 is 1.00 bits per heavy atom. The molecule has 0 aliphatic heterocycles. The van der Waals surface area contributed by atoms with E-state index in [4.69, 9.17) is 4.74 Å². The molecule has 4 rings (SSSR count). The number of amides is 1. The monoisotopic (exact) mass is 458 g/mol. The summed E-state index contributed by atoms with van der Waals surface area (Å²) < 4.78 is 7.14. The van der Waals surface area contributed by atoms with Crippen LogP contribution in [0.3, 0.4) is 0 Å². The number of nitrogens with one attached hydrogen (secondary N) is 1. The fourth-order valence-corrected chi connectivity index (χ4v) is 4.30. The molecule has 0 unspecified atom stereocenters. The van der Waals surface area contributed by atoms with Gasteiger partial charge in [-0.3, -0.25) is 14.2 Å². The van der Waals surface area contributed by atoms with Crippen molar-refractivity contribution < 1.29 is 14.3 Å². The summed E-state index contributed by atoms with van der Waals surface area (Å²) in [7, 11) is 1.61. The normalized spacial score (nSPS) is 11.6. The summed E-state index contributed by atoms with van der Waals surface area (Å²) in [5.74, 6) is 0.415. The number of carbonyl (C=O) groups excluding carboxylic acids is 2. The van der Waals surface area contributed by atoms with Gasteiger partial charge in [0.15, 0.2) is 10.9 Å². The van der Waals surface area contributed by atoms with Crippen molar-refractivity contribution in [2.75, 3.05) is 12.4 Å². The number of carbonyl (C=O) groups is 2. The summed E-state index contributed by atoms with van der Waals surface area (Å²) in [4.78, 5) is 25.1. The molecule has 0 bridgehead atoms. The lowest BCUT2D eigenvalue weighted by Crippen LogP contribution is -2.19. The molecule has 0 saturated heterocycles. The maximum atomic E-state index is 13.4. The number of anilines is 1. The Morgan fingerprint density at radius 3 is 2.55 bits per heavy atom. The van der Waals surface area contributed by atoms with Crippen LogP contribution >= 0.6 is 11.8 Å². The standard InChI is InChI=1S/C25H22N4O3S/c1-17(30)19-10-6-11-20(14-19)27-24(31)23(18-8-4-3-5-9-18)33-25-28-26-16-29(25)21-12-7-13-22(15-21)32-2/h3-16,23H,1-2H3,(H,27,31)/t23-/m0/s1. The van der Waals surface area contributed by atoms with Crippen LogP contribution in [-0.2, 0) is 4.79 Å². The largest absolute Gasteiger partial charge is 0.497 e. The van der Waals surface area contributed by atoms with Crippen LogP contribution in [0.5, 0.6) is 5.75 Å². The number of Topliss-reactive ketones (excluding diaryl/α,β-unsaturated/α-hetero) is 1. The summed E-state index contributed by atoms with van der Waals surface area (Å²) in [6, 6.07) is 23.9. The fraction of sp³-hybridized carbons (Fsp3) is 0.120. The number of thioether (sulfide) groups is 1. The van der Waals surface area contributed by atoms with Gasteiger partial charge in [-0.2, -0.15) is 0 Å². The van der Waals surface area contributed by atoms with E-state index in [1.165, 1.54) is 18.7 Å². The first kappa shape index (κ1) is 22.3. The lowest BCUT2D eigenvalue weighted by molar-refractivity contribution is -0.115. The summed E-state index contributed by atoms with van der Waals surface area (Å²) in [5.41, 5.74) is 2.74. The van der Waals surface area contributed by atoms with E-state index in [1.807, 2.05) is 59.2 Å². The Balaban J connectivity index is 1.64. The van der Waals surface area contributed by atoms with Crippen LogP contribution in [0.25, 0.3) is 5.69 Å². The summed E-state index contributed by atoms with van der Waals surface area (Å²) in [5, 5.41) is 11.2. The first-order valence-corrected chi connectivity index (χ1v) is 11.1.